The lowest BCUT2D eigenvalue weighted by atomic mass is 9.87. The Morgan fingerprint density at radius 2 is 1.75 bits per heavy atom. The topological polar surface area (TPSA) is 100 Å². The fourth-order valence-corrected chi connectivity index (χ4v) is 6.19. The molecule has 0 spiro atoms. The van der Waals surface area contributed by atoms with Crippen molar-refractivity contribution >= 4 is 34.8 Å². The van der Waals surface area contributed by atoms with E-state index in [2.05, 4.69) is 10.3 Å². The quantitative estimate of drug-likeness (QED) is 0.278. The largest absolute Gasteiger partial charge is 0.497 e. The fourth-order valence-electron chi connectivity index (χ4n) is 6.19. The van der Waals surface area contributed by atoms with E-state index in [1.165, 1.54) is 0 Å². The van der Waals surface area contributed by atoms with Gasteiger partial charge in [0.25, 0.3) is 0 Å². The maximum Gasteiger partial charge on any atom is 0.324 e. The van der Waals surface area contributed by atoms with Crippen molar-refractivity contribution in [3.8, 4) is 22.6 Å². The number of urea groups is 1. The van der Waals surface area contributed by atoms with Crippen molar-refractivity contribution in [1.82, 2.24) is 14.9 Å². The number of nitrogens with one attached hydrogen (secondary N) is 1. The molecule has 0 saturated carbocycles. The minimum Gasteiger partial charge on any atom is -0.497 e. The van der Waals surface area contributed by atoms with Gasteiger partial charge in [0.05, 0.1) is 30.9 Å². The smallest absolute Gasteiger partial charge is 0.324 e. The third kappa shape index (κ3) is 5.06. The number of fused-ring (bicyclic) bond motifs is 3. The van der Waals surface area contributed by atoms with Gasteiger partial charge in [-0.3, -0.25) is 14.7 Å². The predicted octanol–water partition coefficient (Wildman–Crippen LogP) is 6.09. The average molecular weight is 591 g/mol. The maximum absolute atomic E-state index is 13.3. The number of anilines is 4. The molecule has 7 rings (SSSR count). The van der Waals surface area contributed by atoms with Crippen LogP contribution in [0.5, 0.6) is 11.5 Å². The van der Waals surface area contributed by atoms with Crippen LogP contribution in [-0.4, -0.2) is 53.6 Å². The van der Waals surface area contributed by atoms with Crippen molar-refractivity contribution < 1.29 is 19.1 Å². The van der Waals surface area contributed by atoms with E-state index in [9.17, 15) is 9.59 Å². The first kappa shape index (κ1) is 27.7. The fraction of sp³-hybridized carbons (Fsp3) is 0.294. The molecule has 0 radical (unpaired) electrons. The summed E-state index contributed by atoms with van der Waals surface area (Å²) in [7, 11) is 1.64. The monoisotopic (exact) mass is 590 g/mol. The first-order chi connectivity index (χ1) is 21.3. The van der Waals surface area contributed by atoms with E-state index in [1.807, 2.05) is 84.4 Å². The molecule has 10 nitrogen and oxygen atoms in total. The van der Waals surface area contributed by atoms with E-state index >= 15 is 0 Å². The Morgan fingerprint density at radius 3 is 2.52 bits per heavy atom. The van der Waals surface area contributed by atoms with E-state index in [1.54, 1.807) is 24.4 Å². The Bertz CT molecular complexity index is 1760. The molecule has 3 aliphatic heterocycles. The second-order valence-corrected chi connectivity index (χ2v) is 11.8. The first-order valence-electron chi connectivity index (χ1n) is 14.8. The first-order valence-corrected chi connectivity index (χ1v) is 14.8. The van der Waals surface area contributed by atoms with Crippen LogP contribution < -0.4 is 24.6 Å². The zero-order valence-corrected chi connectivity index (χ0v) is 25.0. The molecule has 2 aromatic heterocycles. The van der Waals surface area contributed by atoms with E-state index in [4.69, 9.17) is 14.5 Å². The van der Waals surface area contributed by atoms with Gasteiger partial charge in [-0.15, -0.1) is 0 Å². The van der Waals surface area contributed by atoms with E-state index in [0.717, 1.165) is 63.8 Å². The molecule has 2 fully saturated rings. The van der Waals surface area contributed by atoms with Gasteiger partial charge in [0.15, 0.2) is 0 Å². The second-order valence-electron chi connectivity index (χ2n) is 11.8. The van der Waals surface area contributed by atoms with Crippen molar-refractivity contribution in [1.29, 1.82) is 0 Å². The predicted molar refractivity (Wildman–Crippen MR) is 169 cm³/mol. The van der Waals surface area contributed by atoms with Gasteiger partial charge in [-0.2, -0.15) is 0 Å². The molecule has 5 heterocycles. The van der Waals surface area contributed by atoms with E-state index in [0.29, 0.717) is 31.9 Å². The number of carbonyl (C=O) groups excluding carboxylic acids is 2. The van der Waals surface area contributed by atoms with Crippen molar-refractivity contribution in [2.75, 3.05) is 41.9 Å². The molecule has 4 aromatic rings. The zero-order chi connectivity index (χ0) is 30.4. The second kappa shape index (κ2) is 10.9. The number of amides is 3. The molecule has 10 heteroatoms. The van der Waals surface area contributed by atoms with E-state index < -0.39 is 5.60 Å². The highest BCUT2D eigenvalue weighted by molar-refractivity contribution is 5.96. The molecular weight excluding hydrogens is 556 g/mol. The summed E-state index contributed by atoms with van der Waals surface area (Å²) in [6.45, 7) is 6.54. The summed E-state index contributed by atoms with van der Waals surface area (Å²) in [5, 5.41) is 3.37. The summed E-state index contributed by atoms with van der Waals surface area (Å²) in [5.41, 5.74) is 5.68. The molecule has 2 saturated heterocycles. The average Bonchev–Trinajstić information content (AvgIpc) is 3.62. The lowest BCUT2D eigenvalue weighted by molar-refractivity contribution is -0.117. The molecule has 1 N–H and O–H groups in total. The lowest BCUT2D eigenvalue weighted by Gasteiger charge is -2.35. The minimum absolute atomic E-state index is 0.0542. The highest BCUT2D eigenvalue weighted by Crippen LogP contribution is 2.47. The molecule has 2 aromatic carbocycles. The standard InChI is InChI=1S/C34H34N6O4/c1-34(2)29-17-31(36-20-28(29)27-11-8-24(16-30(27)44-34)39-12-4-5-32(39)41)37-23-15-25(19-35-18-23)40-14-13-38(33(40)42)21-22-6-9-26(43-3)10-7-22/h6-11,15-20H,4-5,12-14,21H2,1-3H3,(H,36,37). The van der Waals surface area contributed by atoms with Gasteiger partial charge in [0, 0.05) is 67.2 Å². The maximum atomic E-state index is 13.3. The van der Waals surface area contributed by atoms with Crippen LogP contribution in [0.2, 0.25) is 0 Å². The SMILES string of the molecule is COc1ccc(CN2CCN(c3cncc(Nc4cc5c(cn4)-c4ccc(N6CCCC6=O)cc4OC5(C)C)c3)C2=O)cc1. The van der Waals surface area contributed by atoms with Crippen LogP contribution in [0.3, 0.4) is 0 Å². The summed E-state index contributed by atoms with van der Waals surface area (Å²) >= 11 is 0. The zero-order valence-electron chi connectivity index (χ0n) is 25.0. The molecule has 0 aliphatic carbocycles. The van der Waals surface area contributed by atoms with Gasteiger partial charge in [-0.1, -0.05) is 12.1 Å². The Morgan fingerprint density at radius 1 is 0.909 bits per heavy atom. The Balaban J connectivity index is 1.09. The minimum atomic E-state index is -0.620. The van der Waals surface area contributed by atoms with Crippen molar-refractivity contribution in [3.63, 3.8) is 0 Å². The Labute approximate surface area is 256 Å². The summed E-state index contributed by atoms with van der Waals surface area (Å²) in [5.74, 6) is 2.33. The van der Waals surface area contributed by atoms with Crippen LogP contribution in [-0.2, 0) is 16.9 Å². The Hall–Kier alpha value is -5.12. The van der Waals surface area contributed by atoms with Gasteiger partial charge in [-0.05, 0) is 62.2 Å². The summed E-state index contributed by atoms with van der Waals surface area (Å²) < 4.78 is 11.7. The lowest BCUT2D eigenvalue weighted by Crippen LogP contribution is -2.31. The van der Waals surface area contributed by atoms with Crippen LogP contribution in [0.25, 0.3) is 11.1 Å². The molecule has 3 amide bonds. The highest BCUT2D eigenvalue weighted by atomic mass is 16.5. The number of benzene rings is 2. The normalized spacial score (nSPS) is 16.9. The van der Waals surface area contributed by atoms with Crippen LogP contribution in [0.1, 0.15) is 37.8 Å². The molecule has 0 atom stereocenters. The molecule has 0 unspecified atom stereocenters. The number of hydrogen-bond donors (Lipinski definition) is 1. The number of hydrogen-bond acceptors (Lipinski definition) is 7. The Kier molecular flexibility index (Phi) is 6.84. The summed E-state index contributed by atoms with van der Waals surface area (Å²) in [6.07, 6.45) is 6.75. The van der Waals surface area contributed by atoms with Crippen molar-refractivity contribution in [2.45, 2.75) is 38.8 Å². The van der Waals surface area contributed by atoms with Crippen LogP contribution in [0, 0.1) is 0 Å². The van der Waals surface area contributed by atoms with Gasteiger partial charge in [0.2, 0.25) is 5.91 Å². The number of ether oxygens (including phenoxy) is 2. The van der Waals surface area contributed by atoms with Gasteiger partial charge in [0.1, 0.15) is 22.9 Å². The number of carbonyl (C=O) groups is 2. The molecule has 3 aliphatic rings. The molecule has 44 heavy (non-hydrogen) atoms. The summed E-state index contributed by atoms with van der Waals surface area (Å²) in [4.78, 5) is 40.1. The highest BCUT2D eigenvalue weighted by Gasteiger charge is 2.35. The number of aromatic nitrogens is 2. The number of pyridine rings is 2. The van der Waals surface area contributed by atoms with E-state index in [-0.39, 0.29) is 11.9 Å². The van der Waals surface area contributed by atoms with Gasteiger partial charge < -0.3 is 24.6 Å². The third-order valence-corrected chi connectivity index (χ3v) is 8.49. The third-order valence-electron chi connectivity index (χ3n) is 8.49. The molecular formula is C34H34N6O4. The summed E-state index contributed by atoms with van der Waals surface area (Å²) in [6, 6.07) is 17.6. The molecule has 0 bridgehead atoms. The van der Waals surface area contributed by atoms with Gasteiger partial charge in [-0.25, -0.2) is 9.78 Å². The van der Waals surface area contributed by atoms with Crippen molar-refractivity contribution in [2.24, 2.45) is 0 Å². The van der Waals surface area contributed by atoms with Crippen molar-refractivity contribution in [3.05, 3.63) is 84.3 Å². The van der Waals surface area contributed by atoms with Crippen LogP contribution in [0.15, 0.2) is 73.2 Å². The number of nitrogens with zero attached hydrogens (tertiary/aromatic N) is 5. The molecule has 224 valence electrons. The van der Waals surface area contributed by atoms with Crippen LogP contribution in [0.4, 0.5) is 27.7 Å². The number of rotatable bonds is 7. The van der Waals surface area contributed by atoms with Gasteiger partial charge >= 0.3 is 6.03 Å². The number of methoxy groups -OCH3 is 1. The van der Waals surface area contributed by atoms with Crippen LogP contribution >= 0.6 is 0 Å².